The molecule has 2 atom stereocenters. The number of benzene rings is 1. The Kier molecular flexibility index (Phi) is 7.20. The number of rotatable bonds is 8. The highest BCUT2D eigenvalue weighted by Crippen LogP contribution is 2.27. The van der Waals surface area contributed by atoms with E-state index in [0.29, 0.717) is 12.6 Å². The van der Waals surface area contributed by atoms with Crippen LogP contribution < -0.4 is 10.5 Å². The summed E-state index contributed by atoms with van der Waals surface area (Å²) in [4.78, 5) is 2.55. The minimum Gasteiger partial charge on any atom is -0.494 e. The first-order valence-corrected chi connectivity index (χ1v) is 8.91. The van der Waals surface area contributed by atoms with Crippen LogP contribution in [0.15, 0.2) is 24.3 Å². The van der Waals surface area contributed by atoms with Crippen molar-refractivity contribution < 1.29 is 4.74 Å². The molecule has 1 aliphatic heterocycles. The molecule has 2 unspecified atom stereocenters. The van der Waals surface area contributed by atoms with Crippen molar-refractivity contribution in [3.63, 3.8) is 0 Å². The number of hydrogen-bond acceptors (Lipinski definition) is 3. The minimum atomic E-state index is 0.344. The average molecular weight is 304 g/mol. The number of hydrogen-bond donors (Lipinski definition) is 1. The van der Waals surface area contributed by atoms with Crippen LogP contribution in [-0.2, 0) is 0 Å². The van der Waals surface area contributed by atoms with E-state index in [1.165, 1.54) is 37.8 Å². The molecule has 0 aliphatic carbocycles. The third-order valence-electron chi connectivity index (χ3n) is 4.63. The van der Waals surface area contributed by atoms with Gasteiger partial charge in [0.15, 0.2) is 0 Å². The van der Waals surface area contributed by atoms with E-state index < -0.39 is 0 Å². The largest absolute Gasteiger partial charge is 0.494 e. The molecule has 0 aromatic heterocycles. The fraction of sp³-hybridized carbons (Fsp3) is 0.684. The number of piperidine rings is 1. The fourth-order valence-corrected chi connectivity index (χ4v) is 3.33. The Labute approximate surface area is 135 Å². The van der Waals surface area contributed by atoms with Crippen LogP contribution in [-0.4, -0.2) is 31.1 Å². The minimum absolute atomic E-state index is 0.344. The normalized spacial score (nSPS) is 20.8. The lowest BCUT2D eigenvalue weighted by atomic mass is 9.96. The Morgan fingerprint density at radius 1 is 1.27 bits per heavy atom. The molecule has 1 aromatic carbocycles. The molecule has 1 aliphatic rings. The molecule has 1 fully saturated rings. The van der Waals surface area contributed by atoms with Crippen molar-refractivity contribution in [2.75, 3.05) is 26.2 Å². The van der Waals surface area contributed by atoms with Gasteiger partial charge in [0.25, 0.3) is 0 Å². The van der Waals surface area contributed by atoms with E-state index >= 15 is 0 Å². The van der Waals surface area contributed by atoms with Crippen LogP contribution in [0.5, 0.6) is 5.75 Å². The fourth-order valence-electron chi connectivity index (χ4n) is 3.33. The molecule has 0 saturated carbocycles. The highest BCUT2D eigenvalue weighted by atomic mass is 16.5. The molecule has 2 N–H and O–H groups in total. The zero-order chi connectivity index (χ0) is 15.8. The van der Waals surface area contributed by atoms with Gasteiger partial charge < -0.3 is 10.5 Å². The number of ether oxygens (including phenoxy) is 1. The molecular weight excluding hydrogens is 272 g/mol. The van der Waals surface area contributed by atoms with Gasteiger partial charge in [-0.05, 0) is 49.4 Å². The van der Waals surface area contributed by atoms with Gasteiger partial charge in [-0.3, -0.25) is 4.90 Å². The van der Waals surface area contributed by atoms with Crippen LogP contribution in [0.2, 0.25) is 0 Å². The second-order valence-corrected chi connectivity index (χ2v) is 6.62. The zero-order valence-corrected chi connectivity index (χ0v) is 14.3. The van der Waals surface area contributed by atoms with Crippen LogP contribution in [0.4, 0.5) is 0 Å². The average Bonchev–Trinajstić information content (AvgIpc) is 2.54. The molecule has 3 nitrogen and oxygen atoms in total. The predicted molar refractivity (Wildman–Crippen MR) is 93.2 cm³/mol. The molecule has 0 spiro atoms. The van der Waals surface area contributed by atoms with Gasteiger partial charge in [0.05, 0.1) is 6.61 Å². The van der Waals surface area contributed by atoms with Gasteiger partial charge in [-0.2, -0.15) is 0 Å². The van der Waals surface area contributed by atoms with E-state index in [4.69, 9.17) is 10.5 Å². The number of unbranched alkanes of at least 4 members (excludes halogenated alkanes) is 2. The molecule has 0 amide bonds. The van der Waals surface area contributed by atoms with Crippen molar-refractivity contribution in [1.82, 2.24) is 4.90 Å². The van der Waals surface area contributed by atoms with Crippen molar-refractivity contribution >= 4 is 0 Å². The molecule has 124 valence electrons. The highest BCUT2D eigenvalue weighted by molar-refractivity contribution is 5.29. The monoisotopic (exact) mass is 304 g/mol. The van der Waals surface area contributed by atoms with E-state index in [0.717, 1.165) is 31.2 Å². The molecule has 3 heteroatoms. The third-order valence-corrected chi connectivity index (χ3v) is 4.63. The maximum atomic E-state index is 6.06. The van der Waals surface area contributed by atoms with Gasteiger partial charge in [-0.15, -0.1) is 0 Å². The lowest BCUT2D eigenvalue weighted by Gasteiger charge is -2.37. The van der Waals surface area contributed by atoms with Crippen molar-refractivity contribution in [3.05, 3.63) is 29.8 Å². The summed E-state index contributed by atoms with van der Waals surface area (Å²) in [6.07, 6.45) is 6.24. The van der Waals surface area contributed by atoms with Crippen LogP contribution in [0, 0.1) is 5.92 Å². The van der Waals surface area contributed by atoms with Crippen molar-refractivity contribution in [1.29, 1.82) is 0 Å². The Morgan fingerprint density at radius 3 is 2.68 bits per heavy atom. The Morgan fingerprint density at radius 2 is 2.05 bits per heavy atom. The molecular formula is C19H32N2O. The summed E-state index contributed by atoms with van der Waals surface area (Å²) in [5.41, 5.74) is 7.38. The van der Waals surface area contributed by atoms with Crippen LogP contribution in [0.25, 0.3) is 0 Å². The SMILES string of the molecule is CCCCCOc1ccc(C(CN)N2CCCC(C)C2)cc1. The van der Waals surface area contributed by atoms with E-state index in [2.05, 4.69) is 43.0 Å². The topological polar surface area (TPSA) is 38.5 Å². The smallest absolute Gasteiger partial charge is 0.119 e. The van der Waals surface area contributed by atoms with Gasteiger partial charge in [0, 0.05) is 19.1 Å². The van der Waals surface area contributed by atoms with Crippen molar-refractivity contribution in [2.24, 2.45) is 11.7 Å². The number of nitrogens with zero attached hydrogens (tertiary/aromatic N) is 1. The molecule has 1 aromatic rings. The van der Waals surface area contributed by atoms with E-state index in [1.807, 2.05) is 0 Å². The van der Waals surface area contributed by atoms with E-state index in [-0.39, 0.29) is 0 Å². The summed E-state index contributed by atoms with van der Waals surface area (Å²) in [7, 11) is 0. The maximum absolute atomic E-state index is 6.06. The van der Waals surface area contributed by atoms with Gasteiger partial charge in [-0.1, -0.05) is 38.8 Å². The van der Waals surface area contributed by atoms with Gasteiger partial charge in [0.2, 0.25) is 0 Å². The molecule has 2 rings (SSSR count). The molecule has 1 saturated heterocycles. The summed E-state index contributed by atoms with van der Waals surface area (Å²) >= 11 is 0. The highest BCUT2D eigenvalue weighted by Gasteiger charge is 2.24. The Bertz CT molecular complexity index is 418. The Balaban J connectivity index is 1.92. The predicted octanol–water partition coefficient (Wildman–Crippen LogP) is 3.99. The summed E-state index contributed by atoms with van der Waals surface area (Å²) < 4.78 is 5.79. The summed E-state index contributed by atoms with van der Waals surface area (Å²) in [6.45, 7) is 8.38. The van der Waals surface area contributed by atoms with Gasteiger partial charge in [0.1, 0.15) is 5.75 Å². The first kappa shape index (κ1) is 17.3. The van der Waals surface area contributed by atoms with Crippen molar-refractivity contribution in [3.8, 4) is 5.75 Å². The van der Waals surface area contributed by atoms with Crippen LogP contribution >= 0.6 is 0 Å². The summed E-state index contributed by atoms with van der Waals surface area (Å²) in [5.74, 6) is 1.76. The lowest BCUT2D eigenvalue weighted by Crippen LogP contribution is -2.40. The first-order valence-electron chi connectivity index (χ1n) is 8.91. The second kappa shape index (κ2) is 9.16. The summed E-state index contributed by atoms with van der Waals surface area (Å²) in [6, 6.07) is 8.91. The first-order chi connectivity index (χ1) is 10.7. The standard InChI is InChI=1S/C19H32N2O/c1-3-4-5-13-22-18-10-8-17(9-11-18)19(14-20)21-12-6-7-16(2)15-21/h8-11,16,19H,3-7,12-15,20H2,1-2H3. The quantitative estimate of drug-likeness (QED) is 0.738. The van der Waals surface area contributed by atoms with E-state index in [1.54, 1.807) is 0 Å². The zero-order valence-electron chi connectivity index (χ0n) is 14.3. The number of likely N-dealkylation sites (tertiary alicyclic amines) is 1. The molecule has 22 heavy (non-hydrogen) atoms. The summed E-state index contributed by atoms with van der Waals surface area (Å²) in [5, 5.41) is 0. The van der Waals surface area contributed by atoms with Crippen molar-refractivity contribution in [2.45, 2.75) is 52.0 Å². The molecule has 0 bridgehead atoms. The lowest BCUT2D eigenvalue weighted by molar-refractivity contribution is 0.133. The van der Waals surface area contributed by atoms with Gasteiger partial charge in [-0.25, -0.2) is 0 Å². The number of nitrogens with two attached hydrogens (primary N) is 1. The second-order valence-electron chi connectivity index (χ2n) is 6.62. The third kappa shape index (κ3) is 4.99. The van der Waals surface area contributed by atoms with Gasteiger partial charge >= 0.3 is 0 Å². The van der Waals surface area contributed by atoms with E-state index in [9.17, 15) is 0 Å². The maximum Gasteiger partial charge on any atom is 0.119 e. The van der Waals surface area contributed by atoms with Crippen LogP contribution in [0.1, 0.15) is 57.6 Å². The Hall–Kier alpha value is -1.06. The molecule has 0 radical (unpaired) electrons. The molecule has 1 heterocycles. The van der Waals surface area contributed by atoms with Crippen LogP contribution in [0.3, 0.4) is 0 Å².